The van der Waals surface area contributed by atoms with Crippen molar-refractivity contribution in [1.82, 2.24) is 15.0 Å². The van der Waals surface area contributed by atoms with Crippen molar-refractivity contribution in [1.29, 1.82) is 5.26 Å². The van der Waals surface area contributed by atoms with Crippen LogP contribution in [0, 0.1) is 11.3 Å². The Bertz CT molecular complexity index is 423. The highest BCUT2D eigenvalue weighted by atomic mass is 14.9. The first-order valence-electron chi connectivity index (χ1n) is 3.09. The van der Waals surface area contributed by atoms with Gasteiger partial charge in [0.15, 0.2) is 0 Å². The molecule has 0 saturated heterocycles. The van der Waals surface area contributed by atoms with Gasteiger partial charge in [-0.1, -0.05) is 0 Å². The standard InChI is InChI=1S/C7H4N4/c8-1-5-2-10-6-3-9-4-11-7(5)6/h2-4,10H. The zero-order valence-corrected chi connectivity index (χ0v) is 5.57. The fraction of sp³-hybridized carbons (Fsp3) is 0. The predicted molar refractivity (Wildman–Crippen MR) is 38.6 cm³/mol. The quantitative estimate of drug-likeness (QED) is 0.595. The number of hydrogen-bond donors (Lipinski definition) is 1. The summed E-state index contributed by atoms with van der Waals surface area (Å²) in [7, 11) is 0. The number of H-pyrrole nitrogens is 1. The Morgan fingerprint density at radius 1 is 1.55 bits per heavy atom. The zero-order valence-electron chi connectivity index (χ0n) is 5.57. The summed E-state index contributed by atoms with van der Waals surface area (Å²) in [4.78, 5) is 10.6. The summed E-state index contributed by atoms with van der Waals surface area (Å²) in [5.74, 6) is 0. The lowest BCUT2D eigenvalue weighted by molar-refractivity contribution is 1.22. The number of aromatic amines is 1. The van der Waals surface area contributed by atoms with E-state index in [0.717, 1.165) is 5.52 Å². The molecule has 0 aliphatic heterocycles. The monoisotopic (exact) mass is 144 g/mol. The van der Waals surface area contributed by atoms with Crippen LogP contribution < -0.4 is 0 Å². The molecule has 52 valence electrons. The van der Waals surface area contributed by atoms with Gasteiger partial charge in [-0.2, -0.15) is 5.26 Å². The molecular weight excluding hydrogens is 140 g/mol. The second-order valence-electron chi connectivity index (χ2n) is 2.10. The first-order valence-corrected chi connectivity index (χ1v) is 3.09. The van der Waals surface area contributed by atoms with Gasteiger partial charge in [0.25, 0.3) is 0 Å². The second kappa shape index (κ2) is 2.06. The van der Waals surface area contributed by atoms with Gasteiger partial charge < -0.3 is 4.98 Å². The summed E-state index contributed by atoms with van der Waals surface area (Å²) < 4.78 is 0. The summed E-state index contributed by atoms with van der Waals surface area (Å²) in [6, 6.07) is 2.03. The molecule has 0 fully saturated rings. The maximum absolute atomic E-state index is 8.59. The van der Waals surface area contributed by atoms with Crippen LogP contribution in [0.1, 0.15) is 5.56 Å². The average Bonchev–Trinajstić information content (AvgIpc) is 2.47. The van der Waals surface area contributed by atoms with Crippen molar-refractivity contribution < 1.29 is 0 Å². The van der Waals surface area contributed by atoms with E-state index in [4.69, 9.17) is 5.26 Å². The first-order chi connectivity index (χ1) is 5.42. The van der Waals surface area contributed by atoms with Crippen LogP contribution in [0.2, 0.25) is 0 Å². The third kappa shape index (κ3) is 0.749. The van der Waals surface area contributed by atoms with Gasteiger partial charge in [-0.25, -0.2) is 9.97 Å². The van der Waals surface area contributed by atoms with Crippen molar-refractivity contribution in [2.45, 2.75) is 0 Å². The molecule has 0 amide bonds. The summed E-state index contributed by atoms with van der Waals surface area (Å²) in [5.41, 5.74) is 2.04. The van der Waals surface area contributed by atoms with Gasteiger partial charge >= 0.3 is 0 Å². The van der Waals surface area contributed by atoms with E-state index < -0.39 is 0 Å². The van der Waals surface area contributed by atoms with E-state index >= 15 is 0 Å². The third-order valence-corrected chi connectivity index (χ3v) is 1.46. The number of nitrogens with one attached hydrogen (secondary N) is 1. The largest absolute Gasteiger partial charge is 0.357 e. The Balaban J connectivity index is 2.89. The van der Waals surface area contributed by atoms with Crippen LogP contribution in [0.25, 0.3) is 11.0 Å². The van der Waals surface area contributed by atoms with Crippen LogP contribution in [0.4, 0.5) is 0 Å². The smallest absolute Gasteiger partial charge is 0.116 e. The maximum atomic E-state index is 8.59. The van der Waals surface area contributed by atoms with Gasteiger partial charge in [0.1, 0.15) is 17.9 Å². The van der Waals surface area contributed by atoms with Crippen molar-refractivity contribution in [2.24, 2.45) is 0 Å². The van der Waals surface area contributed by atoms with Gasteiger partial charge in [0.05, 0.1) is 17.3 Å². The molecule has 4 nitrogen and oxygen atoms in total. The summed E-state index contributed by atoms with van der Waals surface area (Å²) in [6.07, 6.45) is 4.69. The Hall–Kier alpha value is -1.89. The normalized spacial score (nSPS) is 9.73. The van der Waals surface area contributed by atoms with Gasteiger partial charge in [-0.3, -0.25) is 0 Å². The molecular formula is C7H4N4. The molecule has 2 heterocycles. The number of fused-ring (bicyclic) bond motifs is 1. The van der Waals surface area contributed by atoms with Gasteiger partial charge in [0, 0.05) is 6.20 Å². The highest BCUT2D eigenvalue weighted by molar-refractivity contribution is 5.80. The molecule has 2 aromatic rings. The fourth-order valence-electron chi connectivity index (χ4n) is 0.953. The number of aromatic nitrogens is 3. The molecule has 4 heteroatoms. The maximum Gasteiger partial charge on any atom is 0.116 e. The van der Waals surface area contributed by atoms with E-state index in [1.54, 1.807) is 12.4 Å². The minimum atomic E-state index is 0.558. The molecule has 0 spiro atoms. The summed E-state index contributed by atoms with van der Waals surface area (Å²) in [6.45, 7) is 0. The molecule has 11 heavy (non-hydrogen) atoms. The van der Waals surface area contributed by atoms with Gasteiger partial charge in [-0.05, 0) is 0 Å². The van der Waals surface area contributed by atoms with Crippen LogP contribution in [0.3, 0.4) is 0 Å². The molecule has 0 radical (unpaired) electrons. The van der Waals surface area contributed by atoms with Crippen molar-refractivity contribution in [3.63, 3.8) is 0 Å². The van der Waals surface area contributed by atoms with E-state index in [2.05, 4.69) is 15.0 Å². The van der Waals surface area contributed by atoms with Gasteiger partial charge in [0.2, 0.25) is 0 Å². The average molecular weight is 144 g/mol. The lowest BCUT2D eigenvalue weighted by atomic mass is 10.3. The van der Waals surface area contributed by atoms with Crippen molar-refractivity contribution in [3.05, 3.63) is 24.3 Å². The van der Waals surface area contributed by atoms with Crippen LogP contribution in [0.5, 0.6) is 0 Å². The Morgan fingerprint density at radius 2 is 2.45 bits per heavy atom. The summed E-state index contributed by atoms with van der Waals surface area (Å²) >= 11 is 0. The highest BCUT2D eigenvalue weighted by Gasteiger charge is 2.01. The molecule has 0 unspecified atom stereocenters. The number of nitriles is 1. The van der Waals surface area contributed by atoms with E-state index in [-0.39, 0.29) is 0 Å². The highest BCUT2D eigenvalue weighted by Crippen LogP contribution is 2.11. The molecule has 0 atom stereocenters. The molecule has 0 aromatic carbocycles. The third-order valence-electron chi connectivity index (χ3n) is 1.46. The topological polar surface area (TPSA) is 65.4 Å². The Morgan fingerprint density at radius 3 is 3.27 bits per heavy atom. The predicted octanol–water partition coefficient (Wildman–Crippen LogP) is 0.830. The van der Waals surface area contributed by atoms with Crippen LogP contribution in [-0.4, -0.2) is 15.0 Å². The zero-order chi connectivity index (χ0) is 7.68. The summed E-state index contributed by atoms with van der Waals surface area (Å²) in [5, 5.41) is 8.59. The number of nitrogens with zero attached hydrogens (tertiary/aromatic N) is 3. The Kier molecular flexibility index (Phi) is 1.10. The van der Waals surface area contributed by atoms with Crippen LogP contribution in [0.15, 0.2) is 18.7 Å². The lowest BCUT2D eigenvalue weighted by Crippen LogP contribution is -1.77. The van der Waals surface area contributed by atoms with Crippen molar-refractivity contribution in [3.8, 4) is 6.07 Å². The minimum absolute atomic E-state index is 0.558. The van der Waals surface area contributed by atoms with Crippen LogP contribution >= 0.6 is 0 Å². The first kappa shape index (κ1) is 5.86. The van der Waals surface area contributed by atoms with E-state index in [1.165, 1.54) is 6.33 Å². The van der Waals surface area contributed by atoms with E-state index in [1.807, 2.05) is 6.07 Å². The number of hydrogen-bond acceptors (Lipinski definition) is 3. The molecule has 2 rings (SSSR count). The molecule has 0 bridgehead atoms. The lowest BCUT2D eigenvalue weighted by Gasteiger charge is -1.84. The van der Waals surface area contributed by atoms with Crippen molar-refractivity contribution >= 4 is 11.0 Å². The minimum Gasteiger partial charge on any atom is -0.357 e. The van der Waals surface area contributed by atoms with Gasteiger partial charge in [-0.15, -0.1) is 0 Å². The molecule has 0 aliphatic carbocycles. The second-order valence-corrected chi connectivity index (χ2v) is 2.10. The molecule has 0 saturated carbocycles. The van der Waals surface area contributed by atoms with E-state index in [9.17, 15) is 0 Å². The van der Waals surface area contributed by atoms with E-state index in [0.29, 0.717) is 11.1 Å². The molecule has 0 aliphatic rings. The van der Waals surface area contributed by atoms with Crippen molar-refractivity contribution in [2.75, 3.05) is 0 Å². The SMILES string of the molecule is N#Cc1c[nH]c2cncnc12. The molecule has 1 N–H and O–H groups in total. The fourth-order valence-corrected chi connectivity index (χ4v) is 0.953. The molecule has 2 aromatic heterocycles. The Labute approximate surface area is 62.5 Å². The van der Waals surface area contributed by atoms with Crippen LogP contribution in [-0.2, 0) is 0 Å². The number of rotatable bonds is 0.